The van der Waals surface area contributed by atoms with Gasteiger partial charge >= 0.3 is 12.7 Å². The fourth-order valence-electron chi connectivity index (χ4n) is 3.04. The van der Waals surface area contributed by atoms with Crippen molar-refractivity contribution in [3.05, 3.63) is 42.2 Å². The molecule has 0 spiro atoms. The second kappa shape index (κ2) is 8.65. The lowest BCUT2D eigenvalue weighted by molar-refractivity contribution is -0.256. The Morgan fingerprint density at radius 2 is 1.88 bits per heavy atom. The van der Waals surface area contributed by atoms with Gasteiger partial charge in [-0.05, 0) is 55.2 Å². The number of ether oxygens (including phenoxy) is 2. The monoisotopic (exact) mass is 364 g/mol. The van der Waals surface area contributed by atoms with Gasteiger partial charge in [0.05, 0.1) is 6.61 Å². The van der Waals surface area contributed by atoms with Crippen LogP contribution in [0.2, 0.25) is 0 Å². The topological polar surface area (TPSA) is 18.5 Å². The molecule has 140 valence electrons. The lowest BCUT2D eigenvalue weighted by Gasteiger charge is -2.29. The van der Waals surface area contributed by atoms with Crippen LogP contribution in [0, 0.1) is 17.7 Å². The van der Waals surface area contributed by atoms with Crippen molar-refractivity contribution in [2.75, 3.05) is 0 Å². The lowest BCUT2D eigenvalue weighted by atomic mass is 9.80. The first-order valence-corrected chi connectivity index (χ1v) is 8.16. The second-order valence-electron chi connectivity index (χ2n) is 6.29. The number of halogens is 5. The van der Waals surface area contributed by atoms with Gasteiger partial charge in [-0.2, -0.15) is 17.6 Å². The maximum atomic E-state index is 14.0. The van der Waals surface area contributed by atoms with E-state index < -0.39 is 30.9 Å². The van der Waals surface area contributed by atoms with Crippen LogP contribution in [0.1, 0.15) is 37.7 Å². The molecule has 25 heavy (non-hydrogen) atoms. The van der Waals surface area contributed by atoms with E-state index in [4.69, 9.17) is 0 Å². The van der Waals surface area contributed by atoms with E-state index in [1.807, 2.05) is 6.08 Å². The van der Waals surface area contributed by atoms with Gasteiger partial charge in [0.1, 0.15) is 0 Å². The van der Waals surface area contributed by atoms with E-state index in [0.29, 0.717) is 18.8 Å². The normalized spacial score (nSPS) is 21.4. The van der Waals surface area contributed by atoms with Crippen LogP contribution in [0.4, 0.5) is 22.0 Å². The molecule has 0 radical (unpaired) electrons. The largest absolute Gasteiger partial charge is 0.432 e. The molecule has 0 atom stereocenters. The van der Waals surface area contributed by atoms with Gasteiger partial charge in [0.2, 0.25) is 0 Å². The number of hydrogen-bond donors (Lipinski definition) is 0. The summed E-state index contributed by atoms with van der Waals surface area (Å²) >= 11 is 0. The minimum absolute atomic E-state index is 0.120. The molecular weight excluding hydrogens is 343 g/mol. The zero-order valence-electron chi connectivity index (χ0n) is 13.7. The molecule has 0 heterocycles. The highest BCUT2D eigenvalue weighted by molar-refractivity contribution is 5.29. The Hall–Kier alpha value is -1.63. The maximum Gasteiger partial charge on any atom is 0.387 e. The third-order valence-corrected chi connectivity index (χ3v) is 4.41. The molecular formula is C18H21F5O2. The van der Waals surface area contributed by atoms with Crippen LogP contribution in [0.25, 0.3) is 0 Å². The van der Waals surface area contributed by atoms with Crippen LogP contribution in [-0.4, -0.2) is 12.7 Å². The molecule has 1 fully saturated rings. The van der Waals surface area contributed by atoms with Gasteiger partial charge < -0.3 is 9.47 Å². The summed E-state index contributed by atoms with van der Waals surface area (Å²) in [6, 6.07) is 3.03. The highest BCUT2D eigenvalue weighted by Gasteiger charge is 2.35. The summed E-state index contributed by atoms with van der Waals surface area (Å²) in [7, 11) is 0. The first-order chi connectivity index (χ1) is 11.8. The average molecular weight is 364 g/mol. The van der Waals surface area contributed by atoms with Gasteiger partial charge in [-0.3, -0.25) is 0 Å². The van der Waals surface area contributed by atoms with Crippen molar-refractivity contribution in [1.29, 1.82) is 0 Å². The molecule has 2 rings (SSSR count). The summed E-state index contributed by atoms with van der Waals surface area (Å²) in [6.07, 6.45) is 1.25. The molecule has 7 heteroatoms. The number of benzene rings is 1. The Bertz CT molecular complexity index is 569. The third kappa shape index (κ3) is 6.30. The zero-order chi connectivity index (χ0) is 18.4. The molecule has 0 saturated heterocycles. The van der Waals surface area contributed by atoms with Gasteiger partial charge in [-0.15, -0.1) is 6.58 Å². The SMILES string of the molecule is C=C[C@H]1CC[C@H](CC(F)(F)OCc2ccc(OC(F)F)c(F)c2)CC1. The Morgan fingerprint density at radius 1 is 1.20 bits per heavy atom. The second-order valence-corrected chi connectivity index (χ2v) is 6.29. The predicted octanol–water partition coefficient (Wildman–Crippen LogP) is 5.92. The standard InChI is InChI=1S/C18H21F5O2/c1-2-12-3-5-13(6-4-12)10-18(22,23)24-11-14-7-8-16(15(19)9-14)25-17(20)21/h2,7-9,12-13,17H,1,3-6,10-11H2/t12-,13-. The van der Waals surface area contributed by atoms with E-state index in [2.05, 4.69) is 16.1 Å². The molecule has 0 amide bonds. The minimum Gasteiger partial charge on any atom is -0.432 e. The molecule has 0 aromatic heterocycles. The number of hydrogen-bond acceptors (Lipinski definition) is 2. The average Bonchev–Trinajstić information content (AvgIpc) is 2.55. The minimum atomic E-state index is -3.32. The summed E-state index contributed by atoms with van der Waals surface area (Å²) in [5.41, 5.74) is 0.120. The third-order valence-electron chi connectivity index (χ3n) is 4.41. The van der Waals surface area contributed by atoms with Crippen LogP contribution < -0.4 is 4.74 Å². The van der Waals surface area contributed by atoms with E-state index in [1.54, 1.807) is 0 Å². The van der Waals surface area contributed by atoms with Crippen molar-refractivity contribution < 1.29 is 31.4 Å². The fraction of sp³-hybridized carbons (Fsp3) is 0.556. The van der Waals surface area contributed by atoms with Gasteiger partial charge in [0, 0.05) is 6.42 Å². The molecule has 0 unspecified atom stereocenters. The predicted molar refractivity (Wildman–Crippen MR) is 83.0 cm³/mol. The molecule has 1 aromatic rings. The van der Waals surface area contributed by atoms with Gasteiger partial charge in [0.25, 0.3) is 0 Å². The molecule has 1 saturated carbocycles. The zero-order valence-corrected chi connectivity index (χ0v) is 13.7. The smallest absolute Gasteiger partial charge is 0.387 e. The van der Waals surface area contributed by atoms with Crippen molar-refractivity contribution >= 4 is 0 Å². The molecule has 2 nitrogen and oxygen atoms in total. The Morgan fingerprint density at radius 3 is 2.44 bits per heavy atom. The summed E-state index contributed by atoms with van der Waals surface area (Å²) < 4.78 is 74.2. The van der Waals surface area contributed by atoms with Crippen LogP contribution in [0.15, 0.2) is 30.9 Å². The van der Waals surface area contributed by atoms with Crippen molar-refractivity contribution in [3.8, 4) is 5.75 Å². The summed E-state index contributed by atoms with van der Waals surface area (Å²) in [4.78, 5) is 0. The molecule has 0 bridgehead atoms. The van der Waals surface area contributed by atoms with Crippen LogP contribution in [0.3, 0.4) is 0 Å². The highest BCUT2D eigenvalue weighted by Crippen LogP contribution is 2.37. The summed E-state index contributed by atoms with van der Waals surface area (Å²) in [5.74, 6) is -1.41. The van der Waals surface area contributed by atoms with Crippen molar-refractivity contribution in [2.24, 2.45) is 11.8 Å². The molecule has 1 aliphatic rings. The Balaban J connectivity index is 1.85. The number of allylic oxidation sites excluding steroid dienone is 1. The molecule has 0 aliphatic heterocycles. The van der Waals surface area contributed by atoms with E-state index in [0.717, 1.165) is 25.0 Å². The van der Waals surface area contributed by atoms with E-state index >= 15 is 0 Å². The van der Waals surface area contributed by atoms with Crippen molar-refractivity contribution in [2.45, 2.75) is 51.4 Å². The van der Waals surface area contributed by atoms with Crippen LogP contribution in [0.5, 0.6) is 5.75 Å². The van der Waals surface area contributed by atoms with Crippen LogP contribution in [-0.2, 0) is 11.3 Å². The first kappa shape index (κ1) is 19.7. The highest BCUT2D eigenvalue weighted by atomic mass is 19.3. The Kier molecular flexibility index (Phi) is 6.81. The van der Waals surface area contributed by atoms with E-state index in [-0.39, 0.29) is 17.9 Å². The number of rotatable bonds is 8. The number of alkyl halides is 4. The quantitative estimate of drug-likeness (QED) is 0.421. The first-order valence-electron chi connectivity index (χ1n) is 8.16. The molecule has 0 N–H and O–H groups in total. The van der Waals surface area contributed by atoms with Gasteiger partial charge in [0.15, 0.2) is 11.6 Å². The van der Waals surface area contributed by atoms with E-state index in [9.17, 15) is 22.0 Å². The molecule has 1 aliphatic carbocycles. The van der Waals surface area contributed by atoms with Crippen molar-refractivity contribution in [1.82, 2.24) is 0 Å². The fourth-order valence-corrected chi connectivity index (χ4v) is 3.04. The summed E-state index contributed by atoms with van der Waals surface area (Å²) in [6.45, 7) is 0.0535. The lowest BCUT2D eigenvalue weighted by Crippen LogP contribution is -2.26. The van der Waals surface area contributed by atoms with Gasteiger partial charge in [-0.25, -0.2) is 4.39 Å². The van der Waals surface area contributed by atoms with Crippen molar-refractivity contribution in [3.63, 3.8) is 0 Å². The Labute approximate surface area is 143 Å². The van der Waals surface area contributed by atoms with E-state index in [1.165, 1.54) is 6.07 Å². The van der Waals surface area contributed by atoms with Gasteiger partial charge in [-0.1, -0.05) is 12.1 Å². The molecule has 1 aromatic carbocycles. The van der Waals surface area contributed by atoms with Crippen LogP contribution >= 0.6 is 0 Å². The maximum absolute atomic E-state index is 14.0. The summed E-state index contributed by atoms with van der Waals surface area (Å²) in [5, 5.41) is 0.